The fourth-order valence-corrected chi connectivity index (χ4v) is 4.57. The number of tetrazole rings is 1. The van der Waals surface area contributed by atoms with Gasteiger partial charge in [0.1, 0.15) is 6.54 Å². The van der Waals surface area contributed by atoms with E-state index in [0.717, 1.165) is 39.1 Å². The molecule has 0 radical (unpaired) electrons. The highest BCUT2D eigenvalue weighted by molar-refractivity contribution is 5.80. The molecule has 3 aliphatic rings. The van der Waals surface area contributed by atoms with Crippen LogP contribution in [0.2, 0.25) is 0 Å². The Morgan fingerprint density at radius 1 is 1.26 bits per heavy atom. The van der Waals surface area contributed by atoms with Crippen LogP contribution in [0.4, 0.5) is 0 Å². The van der Waals surface area contributed by atoms with E-state index in [-0.39, 0.29) is 36.4 Å². The van der Waals surface area contributed by atoms with E-state index in [9.17, 15) is 9.59 Å². The number of ether oxygens (including phenoxy) is 2. The van der Waals surface area contributed by atoms with E-state index in [1.807, 2.05) is 4.90 Å². The van der Waals surface area contributed by atoms with Crippen molar-refractivity contribution in [1.29, 1.82) is 0 Å². The van der Waals surface area contributed by atoms with E-state index in [2.05, 4.69) is 20.7 Å². The van der Waals surface area contributed by atoms with Gasteiger partial charge in [0, 0.05) is 38.0 Å². The van der Waals surface area contributed by atoms with Gasteiger partial charge in [-0.25, -0.2) is 0 Å². The lowest BCUT2D eigenvalue weighted by atomic mass is 9.82. The van der Waals surface area contributed by atoms with Crippen LogP contribution in [-0.2, 0) is 25.6 Å². The summed E-state index contributed by atoms with van der Waals surface area (Å²) in [5, 5.41) is 14.1. The van der Waals surface area contributed by atoms with Crippen LogP contribution in [0.25, 0.3) is 0 Å². The molecule has 3 heterocycles. The minimum absolute atomic E-state index is 0.00102. The monoisotopic (exact) mass is 378 g/mol. The zero-order valence-electron chi connectivity index (χ0n) is 15.5. The fraction of sp³-hybridized carbons (Fsp3) is 0.824. The van der Waals surface area contributed by atoms with Gasteiger partial charge in [-0.2, -0.15) is 4.80 Å². The number of likely N-dealkylation sites (tertiary alicyclic amines) is 1. The summed E-state index contributed by atoms with van der Waals surface area (Å²) in [6.45, 7) is 3.12. The molecule has 148 valence electrons. The van der Waals surface area contributed by atoms with E-state index in [1.165, 1.54) is 11.1 Å². The highest BCUT2D eigenvalue weighted by Gasteiger charge is 2.42. The van der Waals surface area contributed by atoms with Crippen molar-refractivity contribution in [3.63, 3.8) is 0 Å². The molecule has 1 N–H and O–H groups in total. The molecule has 2 amide bonds. The average molecular weight is 378 g/mol. The molecule has 4 rings (SSSR count). The molecule has 5 atom stereocenters. The van der Waals surface area contributed by atoms with Gasteiger partial charge in [0.25, 0.3) is 0 Å². The smallest absolute Gasteiger partial charge is 0.243 e. The molecule has 0 bridgehead atoms. The largest absolute Gasteiger partial charge is 0.381 e. The molecule has 0 spiro atoms. The van der Waals surface area contributed by atoms with Crippen LogP contribution in [-0.4, -0.2) is 82.5 Å². The standard InChI is InChI=1S/C17H26N6O4/c1-26-15-3-2-11(17(25)22-5-12-8-27-9-13(12)6-22)4-14(15)20-16(24)7-23-19-10-18-21-23/h10-15H,2-9H2,1H3,(H,20,24)/t11-,12-,13+,14+,15+/m0/s1. The van der Waals surface area contributed by atoms with Crippen LogP contribution in [0.1, 0.15) is 19.3 Å². The lowest BCUT2D eigenvalue weighted by molar-refractivity contribution is -0.138. The quantitative estimate of drug-likeness (QED) is 0.705. The summed E-state index contributed by atoms with van der Waals surface area (Å²) >= 11 is 0. The lowest BCUT2D eigenvalue weighted by Crippen LogP contribution is -2.51. The lowest BCUT2D eigenvalue weighted by Gasteiger charge is -2.36. The van der Waals surface area contributed by atoms with Gasteiger partial charge < -0.3 is 19.7 Å². The maximum absolute atomic E-state index is 13.0. The number of carbonyl (C=O) groups is 2. The maximum atomic E-state index is 13.0. The van der Waals surface area contributed by atoms with Gasteiger partial charge >= 0.3 is 0 Å². The molecule has 1 saturated carbocycles. The number of rotatable bonds is 5. The molecular formula is C17H26N6O4. The maximum Gasteiger partial charge on any atom is 0.243 e. The summed E-state index contributed by atoms with van der Waals surface area (Å²) in [5.74, 6) is 0.882. The summed E-state index contributed by atoms with van der Waals surface area (Å²) < 4.78 is 11.0. The van der Waals surface area contributed by atoms with Crippen LogP contribution in [0, 0.1) is 17.8 Å². The molecule has 10 nitrogen and oxygen atoms in total. The molecule has 2 aliphatic heterocycles. The number of carbonyl (C=O) groups excluding carboxylic acids is 2. The van der Waals surface area contributed by atoms with Crippen molar-refractivity contribution in [3.05, 3.63) is 6.33 Å². The summed E-state index contributed by atoms with van der Waals surface area (Å²) in [6, 6.07) is -0.195. The SMILES string of the molecule is CO[C@@H]1CC[C@H](C(=O)N2C[C@H]3COC[C@H]3C2)C[C@H]1NC(=O)Cn1ncnn1. The number of hydrogen-bond donors (Lipinski definition) is 1. The van der Waals surface area contributed by atoms with E-state index >= 15 is 0 Å². The molecular weight excluding hydrogens is 352 g/mol. The molecule has 0 unspecified atom stereocenters. The molecule has 3 fully saturated rings. The first-order valence-electron chi connectivity index (χ1n) is 9.53. The number of nitrogens with zero attached hydrogens (tertiary/aromatic N) is 5. The Hall–Kier alpha value is -2.07. The van der Waals surface area contributed by atoms with Crippen molar-refractivity contribution in [2.24, 2.45) is 17.8 Å². The van der Waals surface area contributed by atoms with Crippen LogP contribution in [0.5, 0.6) is 0 Å². The minimum Gasteiger partial charge on any atom is -0.381 e. The predicted octanol–water partition coefficient (Wildman–Crippen LogP) is -0.922. The van der Waals surface area contributed by atoms with E-state index in [0.29, 0.717) is 18.3 Å². The summed E-state index contributed by atoms with van der Waals surface area (Å²) in [6.07, 6.45) is 3.33. The molecule has 1 aromatic rings. The van der Waals surface area contributed by atoms with Crippen LogP contribution >= 0.6 is 0 Å². The second-order valence-corrected chi connectivity index (χ2v) is 7.73. The van der Waals surface area contributed by atoms with Crippen molar-refractivity contribution in [1.82, 2.24) is 30.4 Å². The molecule has 2 saturated heterocycles. The van der Waals surface area contributed by atoms with Gasteiger partial charge in [0.05, 0.1) is 25.4 Å². The molecule has 27 heavy (non-hydrogen) atoms. The summed E-state index contributed by atoms with van der Waals surface area (Å²) in [4.78, 5) is 28.5. The predicted molar refractivity (Wildman–Crippen MR) is 92.3 cm³/mol. The average Bonchev–Trinajstić information content (AvgIpc) is 3.38. The number of fused-ring (bicyclic) bond motifs is 1. The number of nitrogens with one attached hydrogen (secondary N) is 1. The Balaban J connectivity index is 1.35. The number of aromatic nitrogens is 4. The van der Waals surface area contributed by atoms with Gasteiger partial charge in [-0.15, -0.1) is 10.2 Å². The third-order valence-electron chi connectivity index (χ3n) is 6.01. The number of hydrogen-bond acceptors (Lipinski definition) is 7. The van der Waals surface area contributed by atoms with Crippen LogP contribution < -0.4 is 5.32 Å². The number of amides is 2. The minimum atomic E-state index is -0.207. The Morgan fingerprint density at radius 3 is 2.70 bits per heavy atom. The van der Waals surface area contributed by atoms with Crippen molar-refractivity contribution in [2.45, 2.75) is 38.0 Å². The third-order valence-corrected chi connectivity index (χ3v) is 6.01. The van der Waals surface area contributed by atoms with Crippen LogP contribution in [0.15, 0.2) is 6.33 Å². The van der Waals surface area contributed by atoms with E-state index < -0.39 is 0 Å². The third kappa shape index (κ3) is 3.96. The first-order chi connectivity index (χ1) is 13.1. The summed E-state index contributed by atoms with van der Waals surface area (Å²) in [7, 11) is 1.65. The summed E-state index contributed by atoms with van der Waals surface area (Å²) in [5.41, 5.74) is 0. The zero-order chi connectivity index (χ0) is 18.8. The topological polar surface area (TPSA) is 111 Å². The highest BCUT2D eigenvalue weighted by Crippen LogP contribution is 2.33. The Kier molecular flexibility index (Phi) is 5.35. The van der Waals surface area contributed by atoms with E-state index in [1.54, 1.807) is 7.11 Å². The molecule has 1 aromatic heterocycles. The van der Waals surface area contributed by atoms with Crippen molar-refractivity contribution in [2.75, 3.05) is 33.4 Å². The molecule has 0 aromatic carbocycles. The van der Waals surface area contributed by atoms with Gasteiger partial charge in [-0.3, -0.25) is 9.59 Å². The normalized spacial score (nSPS) is 33.1. The van der Waals surface area contributed by atoms with Crippen molar-refractivity contribution >= 4 is 11.8 Å². The fourth-order valence-electron chi connectivity index (χ4n) is 4.57. The van der Waals surface area contributed by atoms with E-state index in [4.69, 9.17) is 9.47 Å². The molecule has 10 heteroatoms. The van der Waals surface area contributed by atoms with Gasteiger partial charge in [-0.05, 0) is 24.5 Å². The second-order valence-electron chi connectivity index (χ2n) is 7.73. The van der Waals surface area contributed by atoms with Crippen molar-refractivity contribution in [3.8, 4) is 0 Å². The number of methoxy groups -OCH3 is 1. The highest BCUT2D eigenvalue weighted by atomic mass is 16.5. The van der Waals surface area contributed by atoms with Gasteiger partial charge in [-0.1, -0.05) is 0 Å². The van der Waals surface area contributed by atoms with Crippen molar-refractivity contribution < 1.29 is 19.1 Å². The second kappa shape index (κ2) is 7.89. The Labute approximate surface area is 157 Å². The van der Waals surface area contributed by atoms with Gasteiger partial charge in [0.15, 0.2) is 6.33 Å². The van der Waals surface area contributed by atoms with Crippen LogP contribution in [0.3, 0.4) is 0 Å². The Bertz CT molecular complexity index is 656. The molecule has 1 aliphatic carbocycles. The Morgan fingerprint density at radius 2 is 2.04 bits per heavy atom. The first kappa shape index (κ1) is 18.3. The van der Waals surface area contributed by atoms with Gasteiger partial charge in [0.2, 0.25) is 11.8 Å². The first-order valence-corrected chi connectivity index (χ1v) is 9.53. The zero-order valence-corrected chi connectivity index (χ0v) is 15.5.